The monoisotopic (exact) mass is 255 g/mol. The van der Waals surface area contributed by atoms with E-state index in [2.05, 4.69) is 48.8 Å². The fourth-order valence-electron chi connectivity index (χ4n) is 1.55. The van der Waals surface area contributed by atoms with E-state index in [4.69, 9.17) is 4.98 Å². The van der Waals surface area contributed by atoms with Gasteiger partial charge in [0.1, 0.15) is 0 Å². The molecule has 0 amide bonds. The minimum absolute atomic E-state index is 0.513. The van der Waals surface area contributed by atoms with E-state index in [9.17, 15) is 0 Å². The lowest BCUT2D eigenvalue weighted by Crippen LogP contribution is -2.01. The summed E-state index contributed by atoms with van der Waals surface area (Å²) in [6, 6.07) is 4.34. The Morgan fingerprint density at radius 2 is 2.07 bits per heavy atom. The Hall–Kier alpha value is -0.370. The largest absolute Gasteiger partial charge is 0.257 e. The van der Waals surface area contributed by atoms with Crippen molar-refractivity contribution in [2.75, 3.05) is 0 Å². The van der Waals surface area contributed by atoms with Gasteiger partial charge in [0, 0.05) is 16.7 Å². The molecule has 0 unspecified atom stereocenters. The van der Waals surface area contributed by atoms with Gasteiger partial charge in [0.25, 0.3) is 0 Å². The molecule has 0 radical (unpaired) electrons. The van der Waals surface area contributed by atoms with Gasteiger partial charge in [-0.3, -0.25) is 4.98 Å². The van der Waals surface area contributed by atoms with Crippen molar-refractivity contribution >= 4 is 15.9 Å². The first kappa shape index (κ1) is 11.7. The highest BCUT2D eigenvalue weighted by Gasteiger charge is 2.08. The molecule has 14 heavy (non-hydrogen) atoms. The number of aromatic nitrogens is 1. The number of halogens is 1. The summed E-state index contributed by atoms with van der Waals surface area (Å²) < 4.78 is 0. The van der Waals surface area contributed by atoms with Crippen molar-refractivity contribution in [3.05, 3.63) is 29.1 Å². The second-order valence-corrected chi connectivity index (χ2v) is 4.45. The Morgan fingerprint density at radius 3 is 2.57 bits per heavy atom. The molecule has 78 valence electrons. The van der Waals surface area contributed by atoms with Gasteiger partial charge in [-0.1, -0.05) is 49.2 Å². The summed E-state index contributed by atoms with van der Waals surface area (Å²) in [6.07, 6.45) is 2.25. The number of hydrogen-bond acceptors (Lipinski definition) is 1. The highest BCUT2D eigenvalue weighted by Crippen LogP contribution is 2.20. The van der Waals surface area contributed by atoms with Crippen LogP contribution in [0.1, 0.15) is 50.1 Å². The number of hydrogen-bond donors (Lipinski definition) is 0. The summed E-state index contributed by atoms with van der Waals surface area (Å²) >= 11 is 3.50. The molecule has 0 saturated carbocycles. The van der Waals surface area contributed by atoms with E-state index in [1.54, 1.807) is 0 Å². The zero-order chi connectivity index (χ0) is 10.6. The molecule has 0 saturated heterocycles. The number of alkyl halides is 1. The Labute approximate surface area is 95.1 Å². The second kappa shape index (κ2) is 5.50. The molecular weight excluding hydrogens is 238 g/mol. The third-order valence-corrected chi connectivity index (χ3v) is 2.87. The number of nitrogens with zero attached hydrogens (tertiary/aromatic N) is 1. The van der Waals surface area contributed by atoms with Crippen LogP contribution in [0.4, 0.5) is 0 Å². The maximum absolute atomic E-state index is 4.70. The van der Waals surface area contributed by atoms with Crippen LogP contribution < -0.4 is 0 Å². The molecule has 0 N–H and O–H groups in total. The molecule has 0 bridgehead atoms. The fourth-order valence-corrected chi connectivity index (χ4v) is 2.03. The first-order chi connectivity index (χ1) is 6.69. The van der Waals surface area contributed by atoms with Gasteiger partial charge in [0.15, 0.2) is 0 Å². The van der Waals surface area contributed by atoms with Crippen LogP contribution in [0.5, 0.6) is 0 Å². The van der Waals surface area contributed by atoms with Crippen molar-refractivity contribution < 1.29 is 0 Å². The van der Waals surface area contributed by atoms with Crippen LogP contribution in [0.15, 0.2) is 12.1 Å². The molecule has 1 rings (SSSR count). The van der Waals surface area contributed by atoms with Crippen molar-refractivity contribution in [2.45, 2.75) is 44.9 Å². The van der Waals surface area contributed by atoms with Gasteiger partial charge in [-0.15, -0.1) is 0 Å². The normalized spacial score (nSPS) is 10.9. The smallest absolute Gasteiger partial charge is 0.0472 e. The van der Waals surface area contributed by atoms with E-state index in [1.807, 2.05) is 0 Å². The quantitative estimate of drug-likeness (QED) is 0.740. The lowest BCUT2D eigenvalue weighted by atomic mass is 10.0. The molecule has 0 aliphatic heterocycles. The number of rotatable bonds is 4. The van der Waals surface area contributed by atoms with Crippen molar-refractivity contribution in [1.82, 2.24) is 4.98 Å². The number of pyridine rings is 1. The molecule has 0 fully saturated rings. The van der Waals surface area contributed by atoms with Gasteiger partial charge in [-0.2, -0.15) is 0 Å². The summed E-state index contributed by atoms with van der Waals surface area (Å²) in [7, 11) is 0. The summed E-state index contributed by atoms with van der Waals surface area (Å²) in [5, 5.41) is 0.903. The van der Waals surface area contributed by atoms with Gasteiger partial charge in [0.2, 0.25) is 0 Å². The molecule has 1 nitrogen and oxygen atoms in total. The molecular formula is C12H18BrN. The first-order valence-electron chi connectivity index (χ1n) is 5.23. The second-order valence-electron chi connectivity index (χ2n) is 3.89. The van der Waals surface area contributed by atoms with Crippen molar-refractivity contribution in [3.8, 4) is 0 Å². The van der Waals surface area contributed by atoms with E-state index >= 15 is 0 Å². The molecule has 2 heteroatoms. The van der Waals surface area contributed by atoms with Crippen LogP contribution in [-0.2, 0) is 11.8 Å². The summed E-state index contributed by atoms with van der Waals surface area (Å²) in [5.41, 5.74) is 3.79. The Kier molecular flexibility index (Phi) is 4.59. The molecule has 1 heterocycles. The van der Waals surface area contributed by atoms with Gasteiger partial charge < -0.3 is 0 Å². The predicted octanol–water partition coefficient (Wildman–Crippen LogP) is 4.05. The summed E-state index contributed by atoms with van der Waals surface area (Å²) in [5.74, 6) is 0.513. The van der Waals surface area contributed by atoms with Gasteiger partial charge in [-0.25, -0.2) is 0 Å². The van der Waals surface area contributed by atoms with Gasteiger partial charge in [0.05, 0.1) is 0 Å². The third kappa shape index (κ3) is 2.81. The fraction of sp³-hybridized carbons (Fsp3) is 0.583. The Bertz CT molecular complexity index is 294. The zero-order valence-electron chi connectivity index (χ0n) is 9.18. The Morgan fingerprint density at radius 1 is 1.36 bits per heavy atom. The third-order valence-electron chi connectivity index (χ3n) is 2.27. The van der Waals surface area contributed by atoms with Crippen LogP contribution >= 0.6 is 15.9 Å². The molecule has 0 aliphatic carbocycles. The maximum atomic E-state index is 4.70. The summed E-state index contributed by atoms with van der Waals surface area (Å²) in [4.78, 5) is 4.70. The predicted molar refractivity (Wildman–Crippen MR) is 65.0 cm³/mol. The molecule has 1 aromatic rings. The van der Waals surface area contributed by atoms with Crippen molar-refractivity contribution in [3.63, 3.8) is 0 Å². The van der Waals surface area contributed by atoms with E-state index in [0.717, 1.165) is 18.2 Å². The van der Waals surface area contributed by atoms with Crippen LogP contribution in [0.2, 0.25) is 0 Å². The maximum Gasteiger partial charge on any atom is 0.0472 e. The van der Waals surface area contributed by atoms with E-state index in [1.165, 1.54) is 17.0 Å². The van der Waals surface area contributed by atoms with Crippen molar-refractivity contribution in [2.24, 2.45) is 0 Å². The van der Waals surface area contributed by atoms with Gasteiger partial charge in [-0.05, 0) is 24.0 Å². The molecule has 0 spiro atoms. The van der Waals surface area contributed by atoms with E-state index < -0.39 is 0 Å². The number of aryl methyl sites for hydroxylation is 1. The minimum atomic E-state index is 0.513. The summed E-state index contributed by atoms with van der Waals surface area (Å²) in [6.45, 7) is 6.59. The lowest BCUT2D eigenvalue weighted by Gasteiger charge is -2.11. The average molecular weight is 256 g/mol. The van der Waals surface area contributed by atoms with Crippen LogP contribution in [0.3, 0.4) is 0 Å². The highest BCUT2D eigenvalue weighted by molar-refractivity contribution is 9.08. The van der Waals surface area contributed by atoms with Crippen LogP contribution in [0.25, 0.3) is 0 Å². The first-order valence-corrected chi connectivity index (χ1v) is 6.35. The lowest BCUT2D eigenvalue weighted by molar-refractivity contribution is 0.780. The zero-order valence-corrected chi connectivity index (χ0v) is 10.8. The van der Waals surface area contributed by atoms with Crippen LogP contribution in [-0.4, -0.2) is 4.98 Å². The van der Waals surface area contributed by atoms with E-state index in [-0.39, 0.29) is 0 Å². The standard InChI is InChI=1S/C12H18BrN/c1-4-5-11-7-6-10(8-13)12(14-11)9(2)3/h6-7,9H,4-5,8H2,1-3H3. The molecule has 1 aromatic heterocycles. The SMILES string of the molecule is CCCc1ccc(CBr)c(C(C)C)n1. The van der Waals surface area contributed by atoms with E-state index in [0.29, 0.717) is 5.92 Å². The average Bonchev–Trinajstić information content (AvgIpc) is 2.18. The molecule has 0 aliphatic rings. The minimum Gasteiger partial charge on any atom is -0.257 e. The van der Waals surface area contributed by atoms with Crippen LogP contribution in [0, 0.1) is 0 Å². The molecule has 0 aromatic carbocycles. The van der Waals surface area contributed by atoms with Crippen molar-refractivity contribution in [1.29, 1.82) is 0 Å². The highest BCUT2D eigenvalue weighted by atomic mass is 79.9. The van der Waals surface area contributed by atoms with Gasteiger partial charge >= 0.3 is 0 Å². The Balaban J connectivity index is 3.01. The topological polar surface area (TPSA) is 12.9 Å². The molecule has 0 atom stereocenters.